The summed E-state index contributed by atoms with van der Waals surface area (Å²) in [5, 5.41) is 2.66. The number of nitrogens with two attached hydrogens (primary N) is 1. The van der Waals surface area contributed by atoms with Gasteiger partial charge in [0.1, 0.15) is 6.04 Å². The van der Waals surface area contributed by atoms with Crippen LogP contribution < -0.4 is 11.1 Å². The third-order valence-corrected chi connectivity index (χ3v) is 5.15. The zero-order valence-corrected chi connectivity index (χ0v) is 12.6. The lowest BCUT2D eigenvalue weighted by atomic mass is 10.2. The molecule has 0 unspecified atom stereocenters. The Morgan fingerprint density at radius 2 is 2.43 bits per heavy atom. The minimum atomic E-state index is -0.506. The van der Waals surface area contributed by atoms with E-state index in [1.165, 1.54) is 23.1 Å². The van der Waals surface area contributed by atoms with Crippen molar-refractivity contribution < 1.29 is 14.3 Å². The first-order chi connectivity index (χ1) is 10.1. The van der Waals surface area contributed by atoms with Gasteiger partial charge in [0.2, 0.25) is 5.91 Å². The lowest BCUT2D eigenvalue weighted by Crippen LogP contribution is -2.38. The fourth-order valence-electron chi connectivity index (χ4n) is 1.97. The van der Waals surface area contributed by atoms with Gasteiger partial charge in [-0.25, -0.2) is 9.78 Å². The Balaban J connectivity index is 1.58. The number of aromatic nitrogens is 1. The Bertz CT molecular complexity index is 701. The summed E-state index contributed by atoms with van der Waals surface area (Å²) in [6, 6.07) is 5.02. The molecule has 1 fully saturated rings. The molecule has 1 saturated heterocycles. The number of hydrogen-bond acceptors (Lipinski definition) is 7. The maximum atomic E-state index is 11.8. The van der Waals surface area contributed by atoms with Crippen LogP contribution in [0.15, 0.2) is 22.5 Å². The van der Waals surface area contributed by atoms with E-state index < -0.39 is 6.04 Å². The van der Waals surface area contributed by atoms with Gasteiger partial charge in [-0.05, 0) is 18.2 Å². The van der Waals surface area contributed by atoms with Crippen LogP contribution in [0.25, 0.3) is 10.2 Å². The third kappa shape index (κ3) is 3.27. The highest BCUT2D eigenvalue weighted by molar-refractivity contribution is 8.01. The molecular formula is C13H13N3O3S2. The zero-order valence-electron chi connectivity index (χ0n) is 11.0. The summed E-state index contributed by atoms with van der Waals surface area (Å²) in [6.45, 7) is 0.371. The third-order valence-electron chi connectivity index (χ3n) is 2.99. The molecule has 0 aliphatic carbocycles. The fourth-order valence-corrected chi connectivity index (χ4v) is 3.90. The van der Waals surface area contributed by atoms with Crippen molar-refractivity contribution in [3.63, 3.8) is 0 Å². The highest BCUT2D eigenvalue weighted by Crippen LogP contribution is 2.30. The molecule has 2 aromatic rings. The number of ether oxygens (including phenoxy) is 1. The molecule has 2 heterocycles. The molecule has 3 N–H and O–H groups in total. The molecule has 8 heteroatoms. The molecule has 1 aliphatic heterocycles. The second kappa shape index (κ2) is 5.90. The number of benzene rings is 1. The van der Waals surface area contributed by atoms with Crippen molar-refractivity contribution in [3.8, 4) is 0 Å². The molecule has 0 saturated carbocycles. The maximum Gasteiger partial charge on any atom is 0.328 e. The number of thiazole rings is 1. The van der Waals surface area contributed by atoms with Crippen molar-refractivity contribution in [1.29, 1.82) is 0 Å². The van der Waals surface area contributed by atoms with Crippen molar-refractivity contribution in [3.05, 3.63) is 18.2 Å². The van der Waals surface area contributed by atoms with Gasteiger partial charge < -0.3 is 15.8 Å². The van der Waals surface area contributed by atoms with Crippen molar-refractivity contribution in [2.75, 3.05) is 18.1 Å². The van der Waals surface area contributed by atoms with Crippen molar-refractivity contribution in [1.82, 2.24) is 10.3 Å². The molecule has 1 aliphatic rings. The standard InChI is InChI=1S/C13H13N3O3S2/c14-7-1-2-8-10(5-7)21-13(16-8)20-6-11(17)15-9-3-4-19-12(9)18/h1-2,5,9H,3-4,6,14H2,(H,15,17)/t9-/m0/s1. The Morgan fingerprint density at radius 1 is 1.57 bits per heavy atom. The van der Waals surface area contributed by atoms with Gasteiger partial charge in [0.25, 0.3) is 0 Å². The first-order valence-electron chi connectivity index (χ1n) is 6.37. The Hall–Kier alpha value is -1.80. The summed E-state index contributed by atoms with van der Waals surface area (Å²) in [5.74, 6) is -0.328. The number of nitrogens with one attached hydrogen (secondary N) is 1. The van der Waals surface area contributed by atoms with Crippen molar-refractivity contribution >= 4 is 50.9 Å². The number of fused-ring (bicyclic) bond motifs is 1. The van der Waals surface area contributed by atoms with E-state index in [1.807, 2.05) is 12.1 Å². The van der Waals surface area contributed by atoms with Crippen LogP contribution in [0.5, 0.6) is 0 Å². The van der Waals surface area contributed by atoms with Gasteiger partial charge in [-0.1, -0.05) is 11.8 Å². The lowest BCUT2D eigenvalue weighted by Gasteiger charge is -2.07. The van der Waals surface area contributed by atoms with Gasteiger partial charge in [0.05, 0.1) is 22.6 Å². The summed E-state index contributed by atoms with van der Waals surface area (Å²) < 4.78 is 6.60. The minimum absolute atomic E-state index is 0.192. The number of carbonyl (C=O) groups is 2. The van der Waals surface area contributed by atoms with Crippen molar-refractivity contribution in [2.24, 2.45) is 0 Å². The van der Waals surface area contributed by atoms with Crippen LogP contribution in [0.1, 0.15) is 6.42 Å². The number of carbonyl (C=O) groups excluding carboxylic acids is 2. The highest BCUT2D eigenvalue weighted by atomic mass is 32.2. The maximum absolute atomic E-state index is 11.8. The van der Waals surface area contributed by atoms with E-state index in [0.29, 0.717) is 18.7 Å². The number of thioether (sulfide) groups is 1. The molecule has 110 valence electrons. The molecule has 3 rings (SSSR count). The second-order valence-corrected chi connectivity index (χ2v) is 6.82. The van der Waals surface area contributed by atoms with Gasteiger partial charge in [0.15, 0.2) is 4.34 Å². The summed E-state index contributed by atoms with van der Waals surface area (Å²) in [7, 11) is 0. The van der Waals surface area contributed by atoms with E-state index in [9.17, 15) is 9.59 Å². The normalized spacial score (nSPS) is 17.9. The van der Waals surface area contributed by atoms with Crippen LogP contribution in [-0.4, -0.2) is 35.3 Å². The van der Waals surface area contributed by atoms with E-state index >= 15 is 0 Å². The van der Waals surface area contributed by atoms with Crippen LogP contribution >= 0.6 is 23.1 Å². The Labute approximate surface area is 129 Å². The molecule has 6 nitrogen and oxygen atoms in total. The SMILES string of the molecule is Nc1ccc2nc(SCC(=O)N[C@H]3CCOC3=O)sc2c1. The first kappa shape index (κ1) is 14.2. The smallest absolute Gasteiger partial charge is 0.328 e. The summed E-state index contributed by atoms with van der Waals surface area (Å²) in [6.07, 6.45) is 0.537. The van der Waals surface area contributed by atoms with Gasteiger partial charge in [-0.15, -0.1) is 11.3 Å². The van der Waals surface area contributed by atoms with Crippen LogP contribution in [0.2, 0.25) is 0 Å². The molecule has 1 aromatic carbocycles. The van der Waals surface area contributed by atoms with E-state index in [2.05, 4.69) is 10.3 Å². The number of esters is 1. The van der Waals surface area contributed by atoms with Gasteiger partial charge in [-0.2, -0.15) is 0 Å². The highest BCUT2D eigenvalue weighted by Gasteiger charge is 2.27. The van der Waals surface area contributed by atoms with Gasteiger partial charge >= 0.3 is 5.97 Å². The monoisotopic (exact) mass is 323 g/mol. The predicted molar refractivity (Wildman–Crippen MR) is 82.3 cm³/mol. The van der Waals surface area contributed by atoms with Gasteiger partial charge in [-0.3, -0.25) is 4.79 Å². The van der Waals surface area contributed by atoms with E-state index in [4.69, 9.17) is 10.5 Å². The fraction of sp³-hybridized carbons (Fsp3) is 0.308. The minimum Gasteiger partial charge on any atom is -0.464 e. The molecule has 1 amide bonds. The predicted octanol–water partition coefficient (Wildman–Crippen LogP) is 1.40. The topological polar surface area (TPSA) is 94.3 Å². The van der Waals surface area contributed by atoms with Gasteiger partial charge in [0, 0.05) is 12.1 Å². The van der Waals surface area contributed by atoms with Crippen LogP contribution in [0, 0.1) is 0 Å². The Morgan fingerprint density at radius 3 is 3.19 bits per heavy atom. The summed E-state index contributed by atoms with van der Waals surface area (Å²) >= 11 is 2.84. The average molecular weight is 323 g/mol. The van der Waals surface area contributed by atoms with Crippen LogP contribution in [0.3, 0.4) is 0 Å². The number of hydrogen-bond donors (Lipinski definition) is 2. The number of rotatable bonds is 4. The lowest BCUT2D eigenvalue weighted by molar-refractivity contribution is -0.141. The molecular weight excluding hydrogens is 310 g/mol. The summed E-state index contributed by atoms with van der Waals surface area (Å²) in [4.78, 5) is 27.5. The molecule has 1 aromatic heterocycles. The Kier molecular flexibility index (Phi) is 3.98. The van der Waals surface area contributed by atoms with Crippen LogP contribution in [0.4, 0.5) is 5.69 Å². The number of cyclic esters (lactones) is 1. The quantitative estimate of drug-likeness (QED) is 0.502. The van der Waals surface area contributed by atoms with E-state index in [1.54, 1.807) is 6.07 Å². The number of amides is 1. The van der Waals surface area contributed by atoms with E-state index in [0.717, 1.165) is 14.6 Å². The number of nitrogen functional groups attached to an aromatic ring is 1. The molecule has 0 radical (unpaired) electrons. The molecule has 0 spiro atoms. The van der Waals surface area contributed by atoms with Crippen molar-refractivity contribution in [2.45, 2.75) is 16.8 Å². The van der Waals surface area contributed by atoms with E-state index in [-0.39, 0.29) is 17.6 Å². The zero-order chi connectivity index (χ0) is 14.8. The number of anilines is 1. The second-order valence-electron chi connectivity index (χ2n) is 4.57. The first-order valence-corrected chi connectivity index (χ1v) is 8.17. The molecule has 1 atom stereocenters. The average Bonchev–Trinajstić information content (AvgIpc) is 3.02. The molecule has 0 bridgehead atoms. The molecule has 21 heavy (non-hydrogen) atoms. The summed E-state index contributed by atoms with van der Waals surface area (Å²) in [5.41, 5.74) is 7.29. The largest absolute Gasteiger partial charge is 0.464 e. The number of nitrogens with zero attached hydrogens (tertiary/aromatic N) is 1. The van der Waals surface area contributed by atoms with Crippen LogP contribution in [-0.2, 0) is 14.3 Å².